The fourth-order valence-electron chi connectivity index (χ4n) is 1.41. The lowest BCUT2D eigenvalue weighted by Crippen LogP contribution is -2.30. The minimum absolute atomic E-state index is 0.0393. The SMILES string of the molecule is C=CCNC(=O)C(C)SCc1ccc(OC)c(Br)c1. The molecule has 1 atom stereocenters. The summed E-state index contributed by atoms with van der Waals surface area (Å²) >= 11 is 5.06. The van der Waals surface area contributed by atoms with Gasteiger partial charge in [0.15, 0.2) is 0 Å². The van der Waals surface area contributed by atoms with E-state index in [0.29, 0.717) is 6.54 Å². The number of amides is 1. The zero-order valence-corrected chi connectivity index (χ0v) is 13.5. The van der Waals surface area contributed by atoms with Gasteiger partial charge in [-0.25, -0.2) is 0 Å². The second-order valence-electron chi connectivity index (χ2n) is 3.96. The summed E-state index contributed by atoms with van der Waals surface area (Å²) in [5, 5.41) is 2.71. The molecule has 0 bridgehead atoms. The lowest BCUT2D eigenvalue weighted by Gasteiger charge is -2.11. The molecule has 0 heterocycles. The van der Waals surface area contributed by atoms with Gasteiger partial charge in [-0.3, -0.25) is 4.79 Å². The van der Waals surface area contributed by atoms with Crippen molar-refractivity contribution in [1.29, 1.82) is 0 Å². The predicted octanol–water partition coefficient (Wildman–Crippen LogP) is 3.38. The molecular formula is C14H18BrNO2S. The molecule has 5 heteroatoms. The number of carbonyl (C=O) groups excluding carboxylic acids is 1. The molecular weight excluding hydrogens is 326 g/mol. The van der Waals surface area contributed by atoms with Crippen LogP contribution in [0, 0.1) is 0 Å². The molecule has 1 amide bonds. The highest BCUT2D eigenvalue weighted by Crippen LogP contribution is 2.28. The lowest BCUT2D eigenvalue weighted by molar-refractivity contribution is -0.120. The van der Waals surface area contributed by atoms with Gasteiger partial charge < -0.3 is 10.1 Å². The monoisotopic (exact) mass is 343 g/mol. The molecule has 0 aliphatic carbocycles. The van der Waals surface area contributed by atoms with Crippen LogP contribution in [0.3, 0.4) is 0 Å². The van der Waals surface area contributed by atoms with Crippen LogP contribution in [0.15, 0.2) is 35.3 Å². The minimum Gasteiger partial charge on any atom is -0.496 e. The third-order valence-corrected chi connectivity index (χ3v) is 4.34. The van der Waals surface area contributed by atoms with Crippen LogP contribution >= 0.6 is 27.7 Å². The van der Waals surface area contributed by atoms with Gasteiger partial charge in [0.1, 0.15) is 5.75 Å². The van der Waals surface area contributed by atoms with E-state index in [-0.39, 0.29) is 11.2 Å². The van der Waals surface area contributed by atoms with E-state index in [2.05, 4.69) is 27.8 Å². The van der Waals surface area contributed by atoms with Crippen molar-refractivity contribution in [2.45, 2.75) is 17.9 Å². The first-order valence-electron chi connectivity index (χ1n) is 5.91. The van der Waals surface area contributed by atoms with Gasteiger partial charge in [-0.2, -0.15) is 0 Å². The topological polar surface area (TPSA) is 38.3 Å². The normalized spacial score (nSPS) is 11.7. The van der Waals surface area contributed by atoms with Gasteiger partial charge in [-0.1, -0.05) is 12.1 Å². The molecule has 0 radical (unpaired) electrons. The van der Waals surface area contributed by atoms with Gasteiger partial charge in [-0.05, 0) is 40.5 Å². The van der Waals surface area contributed by atoms with Crippen LogP contribution < -0.4 is 10.1 Å². The molecule has 1 N–H and O–H groups in total. The summed E-state index contributed by atoms with van der Waals surface area (Å²) in [6.07, 6.45) is 1.68. The van der Waals surface area contributed by atoms with Gasteiger partial charge in [-0.15, -0.1) is 18.3 Å². The van der Waals surface area contributed by atoms with Crippen molar-refractivity contribution in [3.05, 3.63) is 40.9 Å². The standard InChI is InChI=1S/C14H18BrNO2S/c1-4-7-16-14(17)10(2)19-9-11-5-6-13(18-3)12(15)8-11/h4-6,8,10H,1,7,9H2,2-3H3,(H,16,17). The zero-order valence-electron chi connectivity index (χ0n) is 11.1. The number of ether oxygens (including phenoxy) is 1. The summed E-state index contributed by atoms with van der Waals surface area (Å²) in [7, 11) is 1.64. The summed E-state index contributed by atoms with van der Waals surface area (Å²) in [6.45, 7) is 5.99. The molecule has 0 saturated carbocycles. The van der Waals surface area contributed by atoms with Gasteiger partial charge in [0.25, 0.3) is 0 Å². The van der Waals surface area contributed by atoms with Crippen molar-refractivity contribution in [2.24, 2.45) is 0 Å². The van der Waals surface area contributed by atoms with Crippen LogP contribution in [-0.2, 0) is 10.5 Å². The summed E-state index contributed by atoms with van der Waals surface area (Å²) in [5.41, 5.74) is 1.15. The maximum absolute atomic E-state index is 11.7. The fourth-order valence-corrected chi connectivity index (χ4v) is 2.86. The van der Waals surface area contributed by atoms with E-state index in [0.717, 1.165) is 21.5 Å². The second kappa shape index (κ2) is 8.27. The van der Waals surface area contributed by atoms with E-state index in [1.807, 2.05) is 25.1 Å². The smallest absolute Gasteiger partial charge is 0.233 e. The van der Waals surface area contributed by atoms with Crippen molar-refractivity contribution < 1.29 is 9.53 Å². The first kappa shape index (κ1) is 16.1. The Labute approximate surface area is 126 Å². The molecule has 0 saturated heterocycles. The molecule has 3 nitrogen and oxygen atoms in total. The molecule has 1 aromatic carbocycles. The Hall–Kier alpha value is -0.940. The molecule has 0 aromatic heterocycles. The molecule has 19 heavy (non-hydrogen) atoms. The molecule has 1 unspecified atom stereocenters. The van der Waals surface area contributed by atoms with Crippen molar-refractivity contribution >= 4 is 33.6 Å². The Morgan fingerprint density at radius 2 is 2.37 bits per heavy atom. The molecule has 104 valence electrons. The summed E-state index contributed by atoms with van der Waals surface area (Å²) < 4.78 is 6.11. The number of rotatable bonds is 7. The number of hydrogen-bond donors (Lipinski definition) is 1. The van der Waals surface area contributed by atoms with E-state index in [9.17, 15) is 4.79 Å². The first-order chi connectivity index (χ1) is 9.08. The van der Waals surface area contributed by atoms with E-state index in [4.69, 9.17) is 4.74 Å². The van der Waals surface area contributed by atoms with Crippen LogP contribution in [0.1, 0.15) is 12.5 Å². The number of thioether (sulfide) groups is 1. The Morgan fingerprint density at radius 1 is 1.63 bits per heavy atom. The third kappa shape index (κ3) is 5.28. The molecule has 1 rings (SSSR count). The predicted molar refractivity (Wildman–Crippen MR) is 84.7 cm³/mol. The Bertz CT molecular complexity index is 451. The van der Waals surface area contributed by atoms with E-state index in [1.165, 1.54) is 0 Å². The van der Waals surface area contributed by atoms with E-state index >= 15 is 0 Å². The highest BCUT2D eigenvalue weighted by Gasteiger charge is 2.12. The zero-order chi connectivity index (χ0) is 14.3. The van der Waals surface area contributed by atoms with E-state index < -0.39 is 0 Å². The van der Waals surface area contributed by atoms with Gasteiger partial charge >= 0.3 is 0 Å². The highest BCUT2D eigenvalue weighted by atomic mass is 79.9. The number of carbonyl (C=O) groups is 1. The molecule has 0 spiro atoms. The quantitative estimate of drug-likeness (QED) is 0.771. The number of methoxy groups -OCH3 is 1. The fraction of sp³-hybridized carbons (Fsp3) is 0.357. The number of hydrogen-bond acceptors (Lipinski definition) is 3. The molecule has 1 aromatic rings. The maximum atomic E-state index is 11.7. The van der Waals surface area contributed by atoms with Crippen molar-refractivity contribution in [3.8, 4) is 5.75 Å². The number of benzene rings is 1. The summed E-state index contributed by atoms with van der Waals surface area (Å²) in [6, 6.07) is 5.94. The number of nitrogens with one attached hydrogen (secondary N) is 1. The summed E-state index contributed by atoms with van der Waals surface area (Å²) in [4.78, 5) is 11.7. The highest BCUT2D eigenvalue weighted by molar-refractivity contribution is 9.10. The third-order valence-electron chi connectivity index (χ3n) is 2.51. The Balaban J connectivity index is 2.50. The molecule has 0 aliphatic heterocycles. The first-order valence-corrected chi connectivity index (χ1v) is 7.75. The second-order valence-corrected chi connectivity index (χ2v) is 6.14. The molecule has 0 fully saturated rings. The van der Waals surface area contributed by atoms with Gasteiger partial charge in [0.05, 0.1) is 16.8 Å². The van der Waals surface area contributed by atoms with Crippen LogP contribution in [0.5, 0.6) is 5.75 Å². The Kier molecular flexibility index (Phi) is 7.02. The average Bonchev–Trinajstić information content (AvgIpc) is 2.42. The van der Waals surface area contributed by atoms with Crippen molar-refractivity contribution in [2.75, 3.05) is 13.7 Å². The van der Waals surface area contributed by atoms with Crippen LogP contribution in [0.25, 0.3) is 0 Å². The van der Waals surface area contributed by atoms with Gasteiger partial charge in [0, 0.05) is 12.3 Å². The van der Waals surface area contributed by atoms with Crippen molar-refractivity contribution in [1.82, 2.24) is 5.32 Å². The minimum atomic E-state index is -0.0826. The van der Waals surface area contributed by atoms with E-state index in [1.54, 1.807) is 24.9 Å². The largest absolute Gasteiger partial charge is 0.496 e. The van der Waals surface area contributed by atoms with Crippen molar-refractivity contribution in [3.63, 3.8) is 0 Å². The van der Waals surface area contributed by atoms with Crippen LogP contribution in [0.2, 0.25) is 0 Å². The molecule has 0 aliphatic rings. The van der Waals surface area contributed by atoms with Crippen LogP contribution in [0.4, 0.5) is 0 Å². The van der Waals surface area contributed by atoms with Crippen LogP contribution in [-0.4, -0.2) is 24.8 Å². The van der Waals surface area contributed by atoms with Gasteiger partial charge in [0.2, 0.25) is 5.91 Å². The number of halogens is 1. The lowest BCUT2D eigenvalue weighted by atomic mass is 10.2. The average molecular weight is 344 g/mol. The maximum Gasteiger partial charge on any atom is 0.233 e. The summed E-state index contributed by atoms with van der Waals surface area (Å²) in [5.74, 6) is 1.63. The Morgan fingerprint density at radius 3 is 2.95 bits per heavy atom.